The van der Waals surface area contributed by atoms with Gasteiger partial charge in [0.1, 0.15) is 5.82 Å². The maximum atomic E-state index is 15.1. The van der Waals surface area contributed by atoms with E-state index in [1.807, 2.05) is 32.3 Å². The Morgan fingerprint density at radius 2 is 2.08 bits per heavy atom. The van der Waals surface area contributed by atoms with Gasteiger partial charge in [0.15, 0.2) is 5.58 Å². The van der Waals surface area contributed by atoms with Crippen molar-refractivity contribution < 1.29 is 8.91 Å². The Morgan fingerprint density at radius 3 is 2.76 bits per heavy atom. The molecule has 0 spiro atoms. The Morgan fingerprint density at radius 1 is 1.32 bits per heavy atom. The number of benzene rings is 1. The van der Waals surface area contributed by atoms with E-state index < -0.39 is 0 Å². The number of nitrogens with zero attached hydrogens (tertiary/aromatic N) is 3. The van der Waals surface area contributed by atoms with E-state index in [1.165, 1.54) is 0 Å². The van der Waals surface area contributed by atoms with Crippen LogP contribution >= 0.6 is 0 Å². The number of anilines is 1. The highest BCUT2D eigenvalue weighted by atomic mass is 19.1. The summed E-state index contributed by atoms with van der Waals surface area (Å²) in [4.78, 5) is 4.25. The van der Waals surface area contributed by atoms with Gasteiger partial charge in [0.25, 0.3) is 0 Å². The number of fused-ring (bicyclic) bond motifs is 1. The van der Waals surface area contributed by atoms with E-state index in [2.05, 4.69) is 15.0 Å². The van der Waals surface area contributed by atoms with Crippen LogP contribution in [0.5, 0.6) is 0 Å². The number of aryl methyl sites for hydroxylation is 1. The first-order valence-electron chi connectivity index (χ1n) is 8.72. The van der Waals surface area contributed by atoms with Gasteiger partial charge in [-0.05, 0) is 43.7 Å². The quantitative estimate of drug-likeness (QED) is 0.909. The lowest BCUT2D eigenvalue weighted by molar-refractivity contribution is 0.446. The van der Waals surface area contributed by atoms with Gasteiger partial charge < -0.3 is 20.1 Å². The van der Waals surface area contributed by atoms with Gasteiger partial charge in [-0.1, -0.05) is 11.2 Å². The smallest absolute Gasteiger partial charge is 0.191 e. The summed E-state index contributed by atoms with van der Waals surface area (Å²) < 4.78 is 20.8. The zero-order chi connectivity index (χ0) is 17.6. The van der Waals surface area contributed by atoms with Crippen molar-refractivity contribution >= 4 is 22.2 Å². The van der Waals surface area contributed by atoms with Crippen molar-refractivity contribution in [3.05, 3.63) is 41.5 Å². The molecule has 2 aromatic rings. The van der Waals surface area contributed by atoms with Crippen molar-refractivity contribution in [2.45, 2.75) is 25.8 Å². The van der Waals surface area contributed by atoms with E-state index in [4.69, 9.17) is 10.3 Å². The minimum atomic E-state index is -0.232. The van der Waals surface area contributed by atoms with Crippen LogP contribution in [0.1, 0.15) is 24.1 Å². The number of hydrogen-bond acceptors (Lipinski definition) is 5. The molecule has 5 nitrogen and oxygen atoms in total. The van der Waals surface area contributed by atoms with Crippen LogP contribution in [0.25, 0.3) is 16.5 Å². The Balaban J connectivity index is 1.90. The van der Waals surface area contributed by atoms with Gasteiger partial charge in [0, 0.05) is 43.7 Å². The Labute approximate surface area is 146 Å². The topological polar surface area (TPSA) is 58.5 Å². The van der Waals surface area contributed by atoms with Crippen LogP contribution in [0.2, 0.25) is 0 Å². The second-order valence-electron chi connectivity index (χ2n) is 6.97. The third-order valence-corrected chi connectivity index (χ3v) is 5.12. The first-order chi connectivity index (χ1) is 12.0. The zero-order valence-corrected chi connectivity index (χ0v) is 14.6. The molecule has 25 heavy (non-hydrogen) atoms. The predicted molar refractivity (Wildman–Crippen MR) is 97.9 cm³/mol. The molecule has 0 saturated carbocycles. The van der Waals surface area contributed by atoms with E-state index in [0.29, 0.717) is 16.8 Å². The fraction of sp³-hybridized carbons (Fsp3) is 0.421. The summed E-state index contributed by atoms with van der Waals surface area (Å²) in [5.41, 5.74) is 9.72. The number of likely N-dealkylation sites (N-methyl/N-ethyl adjacent to an activating group) is 1. The van der Waals surface area contributed by atoms with Crippen molar-refractivity contribution in [2.75, 3.05) is 31.6 Å². The molecule has 0 bridgehead atoms. The van der Waals surface area contributed by atoms with Crippen LogP contribution in [0.15, 0.2) is 28.9 Å². The van der Waals surface area contributed by atoms with E-state index >= 15 is 4.39 Å². The molecule has 0 unspecified atom stereocenters. The van der Waals surface area contributed by atoms with Crippen LogP contribution < -0.4 is 10.6 Å². The van der Waals surface area contributed by atoms with Crippen LogP contribution in [-0.4, -0.2) is 42.8 Å². The molecular formula is C19H23FN4O. The Bertz CT molecular complexity index is 862. The number of hydrogen-bond donors (Lipinski definition) is 1. The first-order valence-corrected chi connectivity index (χ1v) is 8.72. The van der Waals surface area contributed by atoms with Gasteiger partial charge in [-0.3, -0.25) is 0 Å². The molecule has 1 aromatic carbocycles. The zero-order valence-electron chi connectivity index (χ0n) is 14.6. The average Bonchev–Trinajstić information content (AvgIpc) is 2.96. The van der Waals surface area contributed by atoms with Gasteiger partial charge in [-0.25, -0.2) is 4.39 Å². The van der Waals surface area contributed by atoms with E-state index in [1.54, 1.807) is 6.07 Å². The molecular weight excluding hydrogens is 319 g/mol. The summed E-state index contributed by atoms with van der Waals surface area (Å²) in [6.45, 7) is 4.19. The van der Waals surface area contributed by atoms with Crippen LogP contribution in [0.4, 0.5) is 10.1 Å². The molecule has 1 fully saturated rings. The van der Waals surface area contributed by atoms with Gasteiger partial charge in [-0.2, -0.15) is 0 Å². The number of piperidine rings is 1. The summed E-state index contributed by atoms with van der Waals surface area (Å²) in [7, 11) is 2.00. The molecule has 3 heterocycles. The molecule has 1 saturated heterocycles. The number of aromatic nitrogens is 1. The number of halogens is 1. The molecule has 4 rings (SSSR count). The maximum absolute atomic E-state index is 15.1. The fourth-order valence-electron chi connectivity index (χ4n) is 3.61. The summed E-state index contributed by atoms with van der Waals surface area (Å²) in [5.74, 6) is -0.232. The lowest BCUT2D eigenvalue weighted by Gasteiger charge is -2.33. The lowest BCUT2D eigenvalue weighted by atomic mass is 9.96. The summed E-state index contributed by atoms with van der Waals surface area (Å²) in [5, 5.41) is 4.81. The standard InChI is InChI=1S/C19H23FN4O/c1-12-15-11-16(20)17(13-3-7-23(2)8-4-13)18(19(15)25-22-12)24-9-5-14(21)6-10-24/h3-4,7,11,14H,5-6,8-10,21H2,1-2H3. The van der Waals surface area contributed by atoms with Crippen molar-refractivity contribution in [3.63, 3.8) is 0 Å². The lowest BCUT2D eigenvalue weighted by Crippen LogP contribution is -2.40. The number of rotatable bonds is 2. The van der Waals surface area contributed by atoms with Crippen molar-refractivity contribution in [3.8, 4) is 0 Å². The average molecular weight is 342 g/mol. The fourth-order valence-corrected chi connectivity index (χ4v) is 3.61. The van der Waals surface area contributed by atoms with Crippen LogP contribution in [0, 0.1) is 12.7 Å². The minimum absolute atomic E-state index is 0.211. The molecule has 6 heteroatoms. The first kappa shape index (κ1) is 16.1. The van der Waals surface area contributed by atoms with Crippen molar-refractivity contribution in [2.24, 2.45) is 5.73 Å². The molecule has 0 aliphatic carbocycles. The number of allylic oxidation sites excluding steroid dienone is 2. The molecule has 1 aromatic heterocycles. The highest BCUT2D eigenvalue weighted by molar-refractivity contribution is 5.99. The SMILES string of the molecule is Cc1noc2c(N3CCC(N)CC3)c(C3=CCN(C)C=C3)c(F)cc12. The number of nitrogens with two attached hydrogens (primary N) is 1. The molecule has 0 amide bonds. The Hall–Kier alpha value is -2.34. The molecule has 0 atom stereocenters. The third kappa shape index (κ3) is 2.80. The third-order valence-electron chi connectivity index (χ3n) is 5.12. The summed E-state index contributed by atoms with van der Waals surface area (Å²) in [6, 6.07) is 1.76. The summed E-state index contributed by atoms with van der Waals surface area (Å²) >= 11 is 0. The predicted octanol–water partition coefficient (Wildman–Crippen LogP) is 3.05. The second-order valence-corrected chi connectivity index (χ2v) is 6.97. The van der Waals surface area contributed by atoms with E-state index in [0.717, 1.165) is 49.1 Å². The highest BCUT2D eigenvalue weighted by Gasteiger charge is 2.27. The van der Waals surface area contributed by atoms with E-state index in [-0.39, 0.29) is 11.9 Å². The molecule has 132 valence electrons. The monoisotopic (exact) mass is 342 g/mol. The minimum Gasteiger partial charge on any atom is -0.377 e. The normalized spacial score (nSPS) is 19.0. The highest BCUT2D eigenvalue weighted by Crippen LogP contribution is 2.40. The van der Waals surface area contributed by atoms with Crippen molar-refractivity contribution in [1.29, 1.82) is 0 Å². The summed E-state index contributed by atoms with van der Waals surface area (Å²) in [6.07, 6.45) is 7.76. The van der Waals surface area contributed by atoms with Gasteiger partial charge in [-0.15, -0.1) is 0 Å². The molecule has 2 aliphatic rings. The maximum Gasteiger partial charge on any atom is 0.191 e. The Kier molecular flexibility index (Phi) is 4.00. The van der Waals surface area contributed by atoms with Gasteiger partial charge in [0.05, 0.1) is 11.4 Å². The van der Waals surface area contributed by atoms with Crippen molar-refractivity contribution in [1.82, 2.24) is 10.1 Å². The van der Waals surface area contributed by atoms with Gasteiger partial charge in [0.2, 0.25) is 0 Å². The van der Waals surface area contributed by atoms with Crippen LogP contribution in [-0.2, 0) is 0 Å². The largest absolute Gasteiger partial charge is 0.377 e. The molecule has 0 radical (unpaired) electrons. The molecule has 2 aliphatic heterocycles. The second kappa shape index (κ2) is 6.19. The van der Waals surface area contributed by atoms with Gasteiger partial charge >= 0.3 is 0 Å². The molecule has 2 N–H and O–H groups in total. The van der Waals surface area contributed by atoms with Crippen LogP contribution in [0.3, 0.4) is 0 Å². The van der Waals surface area contributed by atoms with E-state index in [9.17, 15) is 0 Å².